The quantitative estimate of drug-likeness (QED) is 0.845. The topological polar surface area (TPSA) is 35.6 Å². The second kappa shape index (κ2) is 7.14. The van der Waals surface area contributed by atoms with Crippen molar-refractivity contribution in [3.05, 3.63) is 0 Å². The summed E-state index contributed by atoms with van der Waals surface area (Å²) < 4.78 is 0. The first-order valence-corrected chi connectivity index (χ1v) is 9.31. The molecular formula is C15H27N3OS. The van der Waals surface area contributed by atoms with Crippen molar-refractivity contribution in [2.75, 3.05) is 44.2 Å². The summed E-state index contributed by atoms with van der Waals surface area (Å²) in [7, 11) is 0. The molecule has 2 atom stereocenters. The lowest BCUT2D eigenvalue weighted by Gasteiger charge is -2.30. The molecule has 0 aromatic rings. The SMILES string of the molecule is O=C(CC1CSCCN1)N1CCCC1CN1CCCC1. The van der Waals surface area contributed by atoms with Gasteiger partial charge in [0, 0.05) is 49.6 Å². The van der Waals surface area contributed by atoms with Crippen LogP contribution in [-0.2, 0) is 4.79 Å². The predicted octanol–water partition coefficient (Wildman–Crippen LogP) is 1.17. The zero-order valence-electron chi connectivity index (χ0n) is 12.4. The first kappa shape index (κ1) is 14.7. The Labute approximate surface area is 126 Å². The Morgan fingerprint density at radius 3 is 2.80 bits per heavy atom. The summed E-state index contributed by atoms with van der Waals surface area (Å²) in [5.41, 5.74) is 0. The van der Waals surface area contributed by atoms with Crippen molar-refractivity contribution in [1.29, 1.82) is 0 Å². The molecule has 4 nitrogen and oxygen atoms in total. The average Bonchev–Trinajstić information content (AvgIpc) is 3.12. The van der Waals surface area contributed by atoms with E-state index in [-0.39, 0.29) is 0 Å². The van der Waals surface area contributed by atoms with Gasteiger partial charge in [-0.3, -0.25) is 4.79 Å². The van der Waals surface area contributed by atoms with Crippen LogP contribution in [0.15, 0.2) is 0 Å². The maximum Gasteiger partial charge on any atom is 0.224 e. The molecule has 1 amide bonds. The van der Waals surface area contributed by atoms with Gasteiger partial charge in [0.2, 0.25) is 5.91 Å². The molecular weight excluding hydrogens is 270 g/mol. The van der Waals surface area contributed by atoms with Gasteiger partial charge in [-0.05, 0) is 38.8 Å². The van der Waals surface area contributed by atoms with Crippen LogP contribution < -0.4 is 5.32 Å². The van der Waals surface area contributed by atoms with Crippen LogP contribution in [0.25, 0.3) is 0 Å². The van der Waals surface area contributed by atoms with E-state index in [1.807, 2.05) is 11.8 Å². The number of thioether (sulfide) groups is 1. The number of nitrogens with zero attached hydrogens (tertiary/aromatic N) is 2. The van der Waals surface area contributed by atoms with E-state index < -0.39 is 0 Å². The zero-order chi connectivity index (χ0) is 13.8. The van der Waals surface area contributed by atoms with Crippen molar-refractivity contribution in [3.8, 4) is 0 Å². The minimum absolute atomic E-state index is 0.381. The second-order valence-electron chi connectivity index (χ2n) is 6.32. The summed E-state index contributed by atoms with van der Waals surface area (Å²) in [6, 6.07) is 0.881. The van der Waals surface area contributed by atoms with Crippen molar-refractivity contribution in [2.24, 2.45) is 0 Å². The Bertz CT molecular complexity index is 327. The maximum absolute atomic E-state index is 12.6. The van der Waals surface area contributed by atoms with Gasteiger partial charge in [-0.2, -0.15) is 11.8 Å². The van der Waals surface area contributed by atoms with Crippen molar-refractivity contribution >= 4 is 17.7 Å². The lowest BCUT2D eigenvalue weighted by atomic mass is 10.1. The number of carbonyl (C=O) groups excluding carboxylic acids is 1. The van der Waals surface area contributed by atoms with Gasteiger partial charge >= 0.3 is 0 Å². The molecule has 5 heteroatoms. The smallest absolute Gasteiger partial charge is 0.224 e. The van der Waals surface area contributed by atoms with Gasteiger partial charge in [0.05, 0.1) is 0 Å². The molecule has 0 saturated carbocycles. The molecule has 2 unspecified atom stereocenters. The molecule has 1 N–H and O–H groups in total. The Morgan fingerprint density at radius 1 is 1.20 bits per heavy atom. The first-order valence-electron chi connectivity index (χ1n) is 8.16. The van der Waals surface area contributed by atoms with E-state index in [2.05, 4.69) is 15.1 Å². The van der Waals surface area contributed by atoms with E-state index in [0.29, 0.717) is 24.4 Å². The van der Waals surface area contributed by atoms with Crippen molar-refractivity contribution in [2.45, 2.75) is 44.2 Å². The van der Waals surface area contributed by atoms with E-state index in [4.69, 9.17) is 0 Å². The molecule has 3 saturated heterocycles. The molecule has 0 aromatic heterocycles. The number of amides is 1. The summed E-state index contributed by atoms with van der Waals surface area (Å²) in [5.74, 6) is 2.66. The molecule has 0 radical (unpaired) electrons. The predicted molar refractivity (Wildman–Crippen MR) is 84.1 cm³/mol. The molecule has 114 valence electrons. The molecule has 3 heterocycles. The summed E-state index contributed by atoms with van der Waals surface area (Å²) in [4.78, 5) is 17.3. The van der Waals surface area contributed by atoms with Gasteiger partial charge in [0.15, 0.2) is 0 Å². The minimum atomic E-state index is 0.381. The molecule has 0 aromatic carbocycles. The fraction of sp³-hybridized carbons (Fsp3) is 0.933. The van der Waals surface area contributed by atoms with Crippen LogP contribution in [0, 0.1) is 0 Å². The van der Waals surface area contributed by atoms with Gasteiger partial charge in [0.1, 0.15) is 0 Å². The van der Waals surface area contributed by atoms with E-state index in [9.17, 15) is 4.79 Å². The number of nitrogens with one attached hydrogen (secondary N) is 1. The lowest BCUT2D eigenvalue weighted by Crippen LogP contribution is -2.46. The van der Waals surface area contributed by atoms with Crippen molar-refractivity contribution < 1.29 is 4.79 Å². The van der Waals surface area contributed by atoms with Crippen LogP contribution in [0.5, 0.6) is 0 Å². The Balaban J connectivity index is 1.49. The number of carbonyl (C=O) groups is 1. The molecule has 3 rings (SSSR count). The summed E-state index contributed by atoms with van der Waals surface area (Å²) >= 11 is 1.97. The largest absolute Gasteiger partial charge is 0.338 e. The van der Waals surface area contributed by atoms with Gasteiger partial charge in [-0.15, -0.1) is 0 Å². The highest BCUT2D eigenvalue weighted by atomic mass is 32.2. The highest BCUT2D eigenvalue weighted by Crippen LogP contribution is 2.22. The van der Waals surface area contributed by atoms with Crippen LogP contribution in [0.2, 0.25) is 0 Å². The fourth-order valence-electron chi connectivity index (χ4n) is 3.70. The molecule has 3 fully saturated rings. The van der Waals surface area contributed by atoms with Gasteiger partial charge in [-0.25, -0.2) is 0 Å². The van der Waals surface area contributed by atoms with Crippen molar-refractivity contribution in [1.82, 2.24) is 15.1 Å². The summed E-state index contributed by atoms with van der Waals surface area (Å²) in [6.07, 6.45) is 5.77. The fourth-order valence-corrected chi connectivity index (χ4v) is 4.65. The molecule has 3 aliphatic heterocycles. The monoisotopic (exact) mass is 297 g/mol. The number of hydrogen-bond donors (Lipinski definition) is 1. The van der Waals surface area contributed by atoms with Gasteiger partial charge in [0.25, 0.3) is 0 Å². The molecule has 0 spiro atoms. The van der Waals surface area contributed by atoms with Crippen LogP contribution in [0.3, 0.4) is 0 Å². The second-order valence-corrected chi connectivity index (χ2v) is 7.47. The van der Waals surface area contributed by atoms with Crippen LogP contribution in [-0.4, -0.2) is 72.0 Å². The standard InChI is InChI=1S/C15H27N3OS/c19-15(10-13-12-20-9-5-16-13)18-8-3-4-14(18)11-17-6-1-2-7-17/h13-14,16H,1-12H2. The number of likely N-dealkylation sites (tertiary alicyclic amines) is 2. The highest BCUT2D eigenvalue weighted by molar-refractivity contribution is 7.99. The molecule has 20 heavy (non-hydrogen) atoms. The van der Waals surface area contributed by atoms with Crippen LogP contribution >= 0.6 is 11.8 Å². The van der Waals surface area contributed by atoms with Crippen molar-refractivity contribution in [3.63, 3.8) is 0 Å². The zero-order valence-corrected chi connectivity index (χ0v) is 13.2. The van der Waals surface area contributed by atoms with E-state index in [1.165, 1.54) is 44.5 Å². The normalized spacial score (nSPS) is 31.9. The number of rotatable bonds is 4. The molecule has 0 aliphatic carbocycles. The third-order valence-electron chi connectivity index (χ3n) is 4.78. The minimum Gasteiger partial charge on any atom is -0.338 e. The summed E-state index contributed by atoms with van der Waals surface area (Å²) in [6.45, 7) is 5.62. The van der Waals surface area contributed by atoms with Crippen LogP contribution in [0.1, 0.15) is 32.1 Å². The van der Waals surface area contributed by atoms with E-state index in [1.54, 1.807) is 0 Å². The Kier molecular flexibility index (Phi) is 5.24. The first-order chi connectivity index (χ1) is 9.83. The summed E-state index contributed by atoms with van der Waals surface area (Å²) in [5, 5.41) is 3.48. The third kappa shape index (κ3) is 3.68. The van der Waals surface area contributed by atoms with Gasteiger partial charge in [-0.1, -0.05) is 0 Å². The molecule has 3 aliphatic rings. The van der Waals surface area contributed by atoms with Gasteiger partial charge < -0.3 is 15.1 Å². The highest BCUT2D eigenvalue weighted by Gasteiger charge is 2.31. The van der Waals surface area contributed by atoms with E-state index >= 15 is 0 Å². The number of hydrogen-bond acceptors (Lipinski definition) is 4. The van der Waals surface area contributed by atoms with E-state index in [0.717, 1.165) is 25.4 Å². The third-order valence-corrected chi connectivity index (χ3v) is 5.92. The molecule has 0 bridgehead atoms. The lowest BCUT2D eigenvalue weighted by molar-refractivity contribution is -0.132. The Morgan fingerprint density at radius 2 is 2.05 bits per heavy atom. The van der Waals surface area contributed by atoms with Crippen LogP contribution in [0.4, 0.5) is 0 Å². The Hall–Kier alpha value is -0.260. The maximum atomic E-state index is 12.6. The average molecular weight is 297 g/mol.